The van der Waals surface area contributed by atoms with Gasteiger partial charge in [-0.15, -0.1) is 11.3 Å². The molecule has 1 unspecified atom stereocenters. The van der Waals surface area contributed by atoms with Crippen LogP contribution in [-0.2, 0) is 20.7 Å². The highest BCUT2D eigenvalue weighted by Gasteiger charge is 2.24. The van der Waals surface area contributed by atoms with Gasteiger partial charge in [0, 0.05) is 36.6 Å². The van der Waals surface area contributed by atoms with Crippen molar-refractivity contribution in [3.63, 3.8) is 0 Å². The van der Waals surface area contributed by atoms with Crippen LogP contribution < -0.4 is 20.3 Å². The Bertz CT molecular complexity index is 1400. The normalized spacial score (nSPS) is 14.0. The van der Waals surface area contributed by atoms with Gasteiger partial charge in [0.2, 0.25) is 5.91 Å². The Morgan fingerprint density at radius 2 is 1.79 bits per heavy atom. The summed E-state index contributed by atoms with van der Waals surface area (Å²) in [6.07, 6.45) is 0.141. The van der Waals surface area contributed by atoms with Crippen molar-refractivity contribution >= 4 is 46.6 Å². The third kappa shape index (κ3) is 8.00. The lowest BCUT2D eigenvalue weighted by Gasteiger charge is -2.26. The number of rotatable bonds is 10. The van der Waals surface area contributed by atoms with Crippen LogP contribution in [0.5, 0.6) is 5.75 Å². The number of hydrogen-bond acceptors (Lipinski definition) is 8. The molecule has 11 nitrogen and oxygen atoms in total. The summed E-state index contributed by atoms with van der Waals surface area (Å²) in [7, 11) is 2.93. The maximum absolute atomic E-state index is 13.3. The van der Waals surface area contributed by atoms with E-state index in [1.165, 1.54) is 18.4 Å². The van der Waals surface area contributed by atoms with Crippen LogP contribution in [0, 0.1) is 0 Å². The quantitative estimate of drug-likeness (QED) is 0.318. The van der Waals surface area contributed by atoms with Gasteiger partial charge in [0.1, 0.15) is 5.75 Å². The molecule has 2 heterocycles. The predicted molar refractivity (Wildman–Crippen MR) is 159 cm³/mol. The average molecular weight is 595 g/mol. The molecule has 1 aliphatic heterocycles. The molecule has 3 amide bonds. The molecule has 0 radical (unpaired) electrons. The monoisotopic (exact) mass is 594 g/mol. The van der Waals surface area contributed by atoms with Gasteiger partial charge in [0.25, 0.3) is 5.91 Å². The van der Waals surface area contributed by atoms with Gasteiger partial charge >= 0.3 is 12.1 Å². The third-order valence-corrected chi connectivity index (χ3v) is 7.88. The Morgan fingerprint density at radius 1 is 1.00 bits per heavy atom. The minimum Gasteiger partial charge on any atom is -0.497 e. The van der Waals surface area contributed by atoms with Crippen molar-refractivity contribution < 1.29 is 33.8 Å². The van der Waals surface area contributed by atoms with E-state index in [2.05, 4.69) is 15.5 Å². The molecular formula is C30H34N4O7S. The second-order valence-corrected chi connectivity index (χ2v) is 10.7. The Hall–Kier alpha value is -4.58. The average Bonchev–Trinajstić information content (AvgIpc) is 3.41. The number of methoxy groups -OCH3 is 2. The highest BCUT2D eigenvalue weighted by atomic mass is 32.1. The number of carboxylic acids is 1. The number of anilines is 2. The summed E-state index contributed by atoms with van der Waals surface area (Å²) in [5, 5.41) is 17.0. The van der Waals surface area contributed by atoms with E-state index in [4.69, 9.17) is 9.47 Å². The number of carbonyl (C=O) groups excluding carboxylic acids is 3. The number of benzene rings is 2. The second kappa shape index (κ2) is 14.4. The zero-order valence-electron chi connectivity index (χ0n) is 23.5. The Labute approximate surface area is 248 Å². The predicted octanol–water partition coefficient (Wildman–Crippen LogP) is 4.16. The van der Waals surface area contributed by atoms with Crippen molar-refractivity contribution in [2.75, 3.05) is 50.6 Å². The maximum Gasteiger partial charge on any atom is 0.409 e. The van der Waals surface area contributed by atoms with Crippen LogP contribution in [0.25, 0.3) is 0 Å². The lowest BCUT2D eigenvalue weighted by Crippen LogP contribution is -2.35. The van der Waals surface area contributed by atoms with Crippen molar-refractivity contribution in [1.82, 2.24) is 10.2 Å². The largest absolute Gasteiger partial charge is 0.497 e. The number of nitrogens with one attached hydrogen (secondary N) is 2. The first-order valence-corrected chi connectivity index (χ1v) is 14.4. The van der Waals surface area contributed by atoms with Crippen LogP contribution in [0.3, 0.4) is 0 Å². The summed E-state index contributed by atoms with van der Waals surface area (Å²) >= 11 is 1.37. The molecule has 3 aromatic rings. The number of hydrogen-bond donors (Lipinski definition) is 3. The minimum atomic E-state index is -1.03. The molecule has 222 valence electrons. The maximum atomic E-state index is 13.3. The van der Waals surface area contributed by atoms with Crippen molar-refractivity contribution in [2.24, 2.45) is 0 Å². The lowest BCUT2D eigenvalue weighted by atomic mass is 10.1. The molecule has 0 saturated carbocycles. The van der Waals surface area contributed by atoms with Gasteiger partial charge in [-0.05, 0) is 53.8 Å². The lowest BCUT2D eigenvalue weighted by molar-refractivity contribution is -0.137. The van der Waals surface area contributed by atoms with Gasteiger partial charge in [-0.1, -0.05) is 18.2 Å². The molecule has 0 bridgehead atoms. The number of carboxylic acid groups (broad SMARTS) is 1. The first kappa shape index (κ1) is 30.4. The van der Waals surface area contributed by atoms with Gasteiger partial charge in [-0.2, -0.15) is 0 Å². The molecule has 1 atom stereocenters. The van der Waals surface area contributed by atoms with Crippen LogP contribution in [0.1, 0.15) is 39.7 Å². The highest BCUT2D eigenvalue weighted by molar-refractivity contribution is 7.10. The van der Waals surface area contributed by atoms with Crippen molar-refractivity contribution in [3.05, 3.63) is 76.0 Å². The highest BCUT2D eigenvalue weighted by Crippen LogP contribution is 2.30. The van der Waals surface area contributed by atoms with Gasteiger partial charge in [-0.3, -0.25) is 14.4 Å². The number of nitrogens with zero attached hydrogens (tertiary/aromatic N) is 2. The smallest absolute Gasteiger partial charge is 0.409 e. The van der Waals surface area contributed by atoms with Crippen LogP contribution in [0.4, 0.5) is 16.2 Å². The minimum absolute atomic E-state index is 0.106. The fourth-order valence-corrected chi connectivity index (χ4v) is 5.55. The number of carbonyl (C=O) groups is 4. The van der Waals surface area contributed by atoms with E-state index in [-0.39, 0.29) is 24.3 Å². The SMILES string of the molecule is COC(=O)N1CCCN(c2ccc(C(=O)NC(CC(=O)O)c3cccs3)cc2NC(=O)Cc2ccc(OC)cc2)CC1. The van der Waals surface area contributed by atoms with Gasteiger partial charge in [0.05, 0.1) is 44.5 Å². The van der Waals surface area contributed by atoms with Crippen LogP contribution >= 0.6 is 11.3 Å². The topological polar surface area (TPSA) is 138 Å². The van der Waals surface area contributed by atoms with Gasteiger partial charge in [0.15, 0.2) is 0 Å². The molecule has 3 N–H and O–H groups in total. The Kier molecular flexibility index (Phi) is 10.4. The summed E-state index contributed by atoms with van der Waals surface area (Å²) in [5.74, 6) is -1.07. The number of thiophene rings is 1. The standard InChI is InChI=1S/C30H34N4O7S/c1-40-22-9-6-20(7-10-22)17-27(35)31-23-18-21(29(38)32-24(19-28(36)37)26-5-3-16-42-26)8-11-25(23)33-12-4-13-34(15-14-33)30(39)41-2/h3,5-11,16,18,24H,4,12-15,17,19H2,1-2H3,(H,31,35)(H,32,38)(H,36,37). The first-order valence-electron chi connectivity index (χ1n) is 13.5. The number of aliphatic carboxylic acids is 1. The molecule has 1 fully saturated rings. The fourth-order valence-electron chi connectivity index (χ4n) is 4.77. The zero-order valence-corrected chi connectivity index (χ0v) is 24.3. The molecule has 12 heteroatoms. The number of amides is 3. The molecule has 4 rings (SSSR count). The zero-order chi connectivity index (χ0) is 30.1. The molecule has 1 aliphatic rings. The molecule has 1 aromatic heterocycles. The van der Waals surface area contributed by atoms with E-state index in [9.17, 15) is 24.3 Å². The second-order valence-electron chi connectivity index (χ2n) is 9.74. The molecule has 42 heavy (non-hydrogen) atoms. The molecule has 0 aliphatic carbocycles. The number of ether oxygens (including phenoxy) is 2. The summed E-state index contributed by atoms with van der Waals surface area (Å²) in [6.45, 7) is 2.10. The third-order valence-electron chi connectivity index (χ3n) is 6.90. The summed E-state index contributed by atoms with van der Waals surface area (Å²) in [5.41, 5.74) is 2.22. The van der Waals surface area contributed by atoms with Crippen LogP contribution in [0.2, 0.25) is 0 Å². The van der Waals surface area contributed by atoms with Crippen LogP contribution in [0.15, 0.2) is 60.0 Å². The van der Waals surface area contributed by atoms with Crippen molar-refractivity contribution in [3.8, 4) is 5.75 Å². The summed E-state index contributed by atoms with van der Waals surface area (Å²) in [6, 6.07) is 15.1. The van der Waals surface area contributed by atoms with Gasteiger partial charge in [-0.25, -0.2) is 4.79 Å². The summed E-state index contributed by atoms with van der Waals surface area (Å²) in [4.78, 5) is 54.5. The first-order chi connectivity index (χ1) is 20.3. The summed E-state index contributed by atoms with van der Waals surface area (Å²) < 4.78 is 10.1. The van der Waals surface area contributed by atoms with Gasteiger partial charge < -0.3 is 35.0 Å². The van der Waals surface area contributed by atoms with E-state index in [0.717, 1.165) is 10.4 Å². The van der Waals surface area contributed by atoms with E-state index in [0.29, 0.717) is 49.7 Å². The molecule has 1 saturated heterocycles. The molecule has 2 aromatic carbocycles. The van der Waals surface area contributed by atoms with E-state index in [1.807, 2.05) is 17.5 Å². The molecule has 0 spiro atoms. The van der Waals surface area contributed by atoms with E-state index in [1.54, 1.807) is 54.5 Å². The Morgan fingerprint density at radius 3 is 2.45 bits per heavy atom. The van der Waals surface area contributed by atoms with Crippen LogP contribution in [-0.4, -0.2) is 74.3 Å². The fraction of sp³-hybridized carbons (Fsp3) is 0.333. The Balaban J connectivity index is 1.58. The van der Waals surface area contributed by atoms with Crippen molar-refractivity contribution in [1.29, 1.82) is 0 Å². The van der Waals surface area contributed by atoms with E-state index >= 15 is 0 Å². The van der Waals surface area contributed by atoms with Crippen molar-refractivity contribution in [2.45, 2.75) is 25.3 Å². The van der Waals surface area contributed by atoms with E-state index < -0.39 is 24.0 Å². The molecular weight excluding hydrogens is 560 g/mol.